The highest BCUT2D eigenvalue weighted by molar-refractivity contribution is 8.14. The maximum atomic E-state index is 14.7. The zero-order valence-electron chi connectivity index (χ0n) is 15.7. The van der Waals surface area contributed by atoms with Crippen LogP contribution in [0.5, 0.6) is 0 Å². The molecule has 0 unspecified atom stereocenters. The van der Waals surface area contributed by atoms with Crippen LogP contribution in [-0.4, -0.2) is 28.0 Å². The van der Waals surface area contributed by atoms with E-state index in [-0.39, 0.29) is 38.8 Å². The standard InChI is InChI=1S/C20H16F3N5OS/c1-9-2-10(6-24)7-26-17(9)18(29)27-11-3-13(16(23)14(22)4-11)20(8-21)12-5-15(12)30-19(25)28-20/h2-4,7,12,15H,5,8H2,1H3,(H2,25,28)(H,27,29)/t12-,15+,20+/m1/s1. The second-order valence-corrected chi connectivity index (χ2v) is 8.54. The molecule has 1 aromatic carbocycles. The third kappa shape index (κ3) is 3.29. The van der Waals surface area contributed by atoms with Crippen molar-refractivity contribution >= 4 is 28.5 Å². The number of halogens is 3. The number of amidine groups is 1. The van der Waals surface area contributed by atoms with Gasteiger partial charge in [0.25, 0.3) is 5.91 Å². The molecule has 6 nitrogen and oxygen atoms in total. The van der Waals surface area contributed by atoms with Gasteiger partial charge in [0.05, 0.1) is 5.56 Å². The van der Waals surface area contributed by atoms with Gasteiger partial charge in [0.2, 0.25) is 0 Å². The van der Waals surface area contributed by atoms with Gasteiger partial charge in [-0.2, -0.15) is 5.26 Å². The number of nitrogens with zero attached hydrogens (tertiary/aromatic N) is 3. The number of aliphatic imine (C=N–C) groups is 1. The number of nitrogens with two attached hydrogens (primary N) is 1. The van der Waals surface area contributed by atoms with Crippen molar-refractivity contribution in [2.24, 2.45) is 16.6 Å². The minimum absolute atomic E-state index is 0.00413. The number of aryl methyl sites for hydroxylation is 1. The second kappa shape index (κ2) is 7.32. The normalized spacial score (nSPS) is 24.4. The van der Waals surface area contributed by atoms with Crippen molar-refractivity contribution in [2.45, 2.75) is 24.1 Å². The lowest BCUT2D eigenvalue weighted by Gasteiger charge is -2.31. The molecule has 0 radical (unpaired) electrons. The fourth-order valence-electron chi connectivity index (χ4n) is 3.77. The third-order valence-corrected chi connectivity index (χ3v) is 6.46. The van der Waals surface area contributed by atoms with E-state index in [0.717, 1.165) is 6.07 Å². The maximum Gasteiger partial charge on any atom is 0.274 e. The average Bonchev–Trinajstić information content (AvgIpc) is 3.49. The first kappa shape index (κ1) is 20.2. The van der Waals surface area contributed by atoms with Crippen molar-refractivity contribution in [3.05, 3.63) is 58.4 Å². The summed E-state index contributed by atoms with van der Waals surface area (Å²) in [7, 11) is 0. The molecule has 3 N–H and O–H groups in total. The molecule has 2 aromatic rings. The smallest absolute Gasteiger partial charge is 0.274 e. The molecule has 1 saturated carbocycles. The van der Waals surface area contributed by atoms with Gasteiger partial charge >= 0.3 is 0 Å². The maximum absolute atomic E-state index is 14.7. The monoisotopic (exact) mass is 431 g/mol. The molecule has 0 spiro atoms. The number of rotatable bonds is 4. The Kier molecular flexibility index (Phi) is 4.94. The predicted molar refractivity (Wildman–Crippen MR) is 107 cm³/mol. The van der Waals surface area contributed by atoms with Crippen LogP contribution in [-0.2, 0) is 5.54 Å². The fourth-order valence-corrected chi connectivity index (χ4v) is 4.99. The molecule has 4 rings (SSSR count). The number of amides is 1. The van der Waals surface area contributed by atoms with Gasteiger partial charge in [0.15, 0.2) is 16.8 Å². The van der Waals surface area contributed by atoms with Crippen molar-refractivity contribution in [1.82, 2.24) is 4.98 Å². The van der Waals surface area contributed by atoms with E-state index in [2.05, 4.69) is 15.3 Å². The first-order valence-electron chi connectivity index (χ1n) is 9.04. The Labute approximate surface area is 174 Å². The van der Waals surface area contributed by atoms with Crippen molar-refractivity contribution < 1.29 is 18.0 Å². The number of fused-ring (bicyclic) bond motifs is 1. The summed E-state index contributed by atoms with van der Waals surface area (Å²) in [6.07, 6.45) is 1.83. The summed E-state index contributed by atoms with van der Waals surface area (Å²) < 4.78 is 43.3. The Balaban J connectivity index is 1.72. The number of nitrogens with one attached hydrogen (secondary N) is 1. The zero-order valence-corrected chi connectivity index (χ0v) is 16.6. The van der Waals surface area contributed by atoms with Crippen molar-refractivity contribution in [2.75, 3.05) is 12.0 Å². The highest BCUT2D eigenvalue weighted by atomic mass is 32.2. The molecule has 1 fully saturated rings. The number of carbonyl (C=O) groups is 1. The van der Waals surface area contributed by atoms with E-state index in [1.54, 1.807) is 6.92 Å². The number of hydrogen-bond acceptors (Lipinski definition) is 6. The summed E-state index contributed by atoms with van der Waals surface area (Å²) >= 11 is 1.30. The van der Waals surface area contributed by atoms with Gasteiger partial charge in [-0.15, -0.1) is 0 Å². The number of hydrogen-bond donors (Lipinski definition) is 2. The fraction of sp³-hybridized carbons (Fsp3) is 0.300. The van der Waals surface area contributed by atoms with Crippen LogP contribution in [0.25, 0.3) is 0 Å². The summed E-state index contributed by atoms with van der Waals surface area (Å²) in [6.45, 7) is 0.557. The Hall–Kier alpha value is -3.06. The van der Waals surface area contributed by atoms with Gasteiger partial charge in [0.1, 0.15) is 24.0 Å². The van der Waals surface area contributed by atoms with Crippen LogP contribution >= 0.6 is 11.8 Å². The molecule has 30 heavy (non-hydrogen) atoms. The molecule has 2 heterocycles. The quantitative estimate of drug-likeness (QED) is 0.772. The summed E-state index contributed by atoms with van der Waals surface area (Å²) in [6, 6.07) is 5.41. The summed E-state index contributed by atoms with van der Waals surface area (Å²) in [5, 5.41) is 11.5. The number of nitriles is 1. The number of benzene rings is 1. The van der Waals surface area contributed by atoms with Crippen LogP contribution in [0.15, 0.2) is 29.4 Å². The van der Waals surface area contributed by atoms with E-state index in [9.17, 15) is 18.0 Å². The minimum atomic E-state index is -1.62. The minimum Gasteiger partial charge on any atom is -0.379 e. The number of alkyl halides is 1. The third-order valence-electron chi connectivity index (χ3n) is 5.31. The van der Waals surface area contributed by atoms with Crippen molar-refractivity contribution in [1.29, 1.82) is 5.26 Å². The molecule has 10 heteroatoms. The second-order valence-electron chi connectivity index (χ2n) is 7.28. The van der Waals surface area contributed by atoms with E-state index >= 15 is 0 Å². The Bertz CT molecular complexity index is 1130. The molecule has 1 aromatic heterocycles. The van der Waals surface area contributed by atoms with E-state index in [1.807, 2.05) is 6.07 Å². The predicted octanol–water partition coefficient (Wildman–Crippen LogP) is 3.41. The number of pyridine rings is 1. The topological polar surface area (TPSA) is 104 Å². The lowest BCUT2D eigenvalue weighted by molar-refractivity contribution is 0.102. The summed E-state index contributed by atoms with van der Waals surface area (Å²) in [5.41, 5.74) is 4.59. The highest BCUT2D eigenvalue weighted by Crippen LogP contribution is 2.58. The molecule has 1 amide bonds. The Morgan fingerprint density at radius 1 is 1.43 bits per heavy atom. The lowest BCUT2D eigenvalue weighted by Crippen LogP contribution is -2.37. The van der Waals surface area contributed by atoms with Gasteiger partial charge in [-0.25, -0.2) is 23.1 Å². The van der Waals surface area contributed by atoms with Gasteiger partial charge in [-0.1, -0.05) is 11.8 Å². The van der Waals surface area contributed by atoms with Gasteiger partial charge in [-0.3, -0.25) is 4.79 Å². The molecule has 0 saturated heterocycles. The summed E-state index contributed by atoms with van der Waals surface area (Å²) in [5.74, 6) is -3.42. The first-order chi connectivity index (χ1) is 14.3. The molecular formula is C20H16F3N5OS. The number of anilines is 1. The molecule has 0 bridgehead atoms. The van der Waals surface area contributed by atoms with Gasteiger partial charge in [0, 0.05) is 34.7 Å². The molecule has 1 aliphatic carbocycles. The van der Waals surface area contributed by atoms with Crippen LogP contribution in [0.4, 0.5) is 18.9 Å². The van der Waals surface area contributed by atoms with Crippen LogP contribution in [0.3, 0.4) is 0 Å². The molecular weight excluding hydrogens is 415 g/mol. The van der Waals surface area contributed by atoms with Crippen molar-refractivity contribution in [3.63, 3.8) is 0 Å². The van der Waals surface area contributed by atoms with Crippen LogP contribution < -0.4 is 11.1 Å². The van der Waals surface area contributed by atoms with Gasteiger partial charge < -0.3 is 11.1 Å². The van der Waals surface area contributed by atoms with E-state index < -0.39 is 29.8 Å². The van der Waals surface area contributed by atoms with E-state index in [0.29, 0.717) is 12.0 Å². The molecule has 1 aliphatic heterocycles. The lowest BCUT2D eigenvalue weighted by atomic mass is 9.85. The first-order valence-corrected chi connectivity index (χ1v) is 9.92. The highest BCUT2D eigenvalue weighted by Gasteiger charge is 2.58. The van der Waals surface area contributed by atoms with Crippen LogP contribution in [0.1, 0.15) is 33.6 Å². The number of carbonyl (C=O) groups excluding carboxylic acids is 1. The Morgan fingerprint density at radius 3 is 2.87 bits per heavy atom. The Morgan fingerprint density at radius 2 is 2.20 bits per heavy atom. The number of aromatic nitrogens is 1. The SMILES string of the molecule is Cc1cc(C#N)cnc1C(=O)Nc1cc(F)c(F)c([C@@]2(CF)N=C(N)S[C@H]3C[C@H]32)c1. The van der Waals surface area contributed by atoms with E-state index in [4.69, 9.17) is 11.0 Å². The zero-order chi connectivity index (χ0) is 21.6. The van der Waals surface area contributed by atoms with Crippen LogP contribution in [0, 0.1) is 35.8 Å². The molecule has 3 atom stereocenters. The van der Waals surface area contributed by atoms with Crippen molar-refractivity contribution in [3.8, 4) is 6.07 Å². The van der Waals surface area contributed by atoms with Crippen LogP contribution in [0.2, 0.25) is 0 Å². The number of thioether (sulfide) groups is 1. The summed E-state index contributed by atoms with van der Waals surface area (Å²) in [4.78, 5) is 20.7. The molecule has 154 valence electrons. The largest absolute Gasteiger partial charge is 0.379 e. The average molecular weight is 431 g/mol. The van der Waals surface area contributed by atoms with E-state index in [1.165, 1.54) is 30.1 Å². The van der Waals surface area contributed by atoms with Gasteiger partial charge in [-0.05, 0) is 31.0 Å². The molecule has 2 aliphatic rings.